The molecule has 0 unspecified atom stereocenters. The summed E-state index contributed by atoms with van der Waals surface area (Å²) >= 11 is 15.0. The van der Waals surface area contributed by atoms with Gasteiger partial charge >= 0.3 is 0 Å². The highest BCUT2D eigenvalue weighted by atomic mass is 35.5. The lowest BCUT2D eigenvalue weighted by Gasteiger charge is -2.13. The van der Waals surface area contributed by atoms with E-state index in [4.69, 9.17) is 32.9 Å². The Hall–Kier alpha value is -1.58. The fraction of sp³-hybridized carbons (Fsp3) is 0.381. The van der Waals surface area contributed by atoms with Crippen LogP contribution in [0.25, 0.3) is 10.2 Å². The molecule has 1 N–H and O–H groups in total. The molecule has 4 rings (SSSR count). The van der Waals surface area contributed by atoms with Crippen LogP contribution in [0.5, 0.6) is 0 Å². The van der Waals surface area contributed by atoms with Crippen molar-refractivity contribution in [3.63, 3.8) is 0 Å². The van der Waals surface area contributed by atoms with Crippen LogP contribution in [-0.2, 0) is 28.9 Å². The lowest BCUT2D eigenvalue weighted by atomic mass is 9.97. The number of hydrogen-bond acceptors (Lipinski definition) is 6. The van der Waals surface area contributed by atoms with Crippen LogP contribution >= 0.6 is 46.3 Å². The van der Waals surface area contributed by atoms with Gasteiger partial charge in [-0.2, -0.15) is 0 Å². The largest absolute Gasteiger partial charge is 0.383 e. The molecule has 1 aliphatic rings. The van der Waals surface area contributed by atoms with Crippen molar-refractivity contribution in [2.75, 3.05) is 24.8 Å². The molecule has 3 aromatic rings. The van der Waals surface area contributed by atoms with Gasteiger partial charge in [0.2, 0.25) is 5.91 Å². The number of carbonyl (C=O) groups excluding carboxylic acids is 1. The minimum Gasteiger partial charge on any atom is -0.383 e. The summed E-state index contributed by atoms with van der Waals surface area (Å²) in [6.45, 7) is 0.768. The van der Waals surface area contributed by atoms with Gasteiger partial charge in [0, 0.05) is 12.0 Å². The summed E-state index contributed by atoms with van der Waals surface area (Å²) in [4.78, 5) is 32.6. The number of amides is 1. The third-order valence-corrected chi connectivity index (χ3v) is 8.10. The first-order valence-electron chi connectivity index (χ1n) is 9.90. The lowest BCUT2D eigenvalue weighted by molar-refractivity contribution is -0.113. The maximum atomic E-state index is 13.3. The summed E-state index contributed by atoms with van der Waals surface area (Å²) in [6.07, 6.45) is 4.16. The predicted octanol–water partition coefficient (Wildman–Crippen LogP) is 5.02. The van der Waals surface area contributed by atoms with E-state index in [1.165, 1.54) is 16.6 Å². The number of nitrogens with zero attached hydrogens (tertiary/aromatic N) is 2. The molecule has 0 bridgehead atoms. The van der Waals surface area contributed by atoms with Gasteiger partial charge in [-0.05, 0) is 43.4 Å². The number of aryl methyl sites for hydroxylation is 2. The summed E-state index contributed by atoms with van der Waals surface area (Å²) in [6, 6.07) is 5.06. The molecule has 0 radical (unpaired) electrons. The minimum atomic E-state index is -0.257. The van der Waals surface area contributed by atoms with E-state index in [0.29, 0.717) is 34.0 Å². The SMILES string of the molecule is COCCn1c(SCC(=O)Nc2cccc(Cl)c2Cl)nc2sc3c(c2c1=O)CCCC3. The van der Waals surface area contributed by atoms with Crippen LogP contribution in [0.15, 0.2) is 28.2 Å². The third kappa shape index (κ3) is 4.78. The Morgan fingerprint density at radius 1 is 1.32 bits per heavy atom. The van der Waals surface area contributed by atoms with Gasteiger partial charge in [0.25, 0.3) is 5.56 Å². The number of benzene rings is 1. The number of hydrogen-bond donors (Lipinski definition) is 1. The second-order valence-corrected chi connectivity index (χ2v) is 9.98. The van der Waals surface area contributed by atoms with E-state index < -0.39 is 0 Å². The van der Waals surface area contributed by atoms with Gasteiger partial charge < -0.3 is 10.1 Å². The van der Waals surface area contributed by atoms with Crippen LogP contribution in [0.3, 0.4) is 0 Å². The summed E-state index contributed by atoms with van der Waals surface area (Å²) in [7, 11) is 1.60. The first kappa shape index (κ1) is 22.6. The fourth-order valence-corrected chi connectivity index (χ4v) is 6.10. The Morgan fingerprint density at radius 3 is 2.94 bits per heavy atom. The topological polar surface area (TPSA) is 73.2 Å². The number of thioether (sulfide) groups is 1. The van der Waals surface area contributed by atoms with Crippen LogP contribution in [0, 0.1) is 0 Å². The van der Waals surface area contributed by atoms with E-state index in [-0.39, 0.29) is 17.2 Å². The Bertz CT molecular complexity index is 1190. The second-order valence-electron chi connectivity index (χ2n) is 7.17. The monoisotopic (exact) mass is 497 g/mol. The average molecular weight is 498 g/mol. The zero-order valence-electron chi connectivity index (χ0n) is 16.9. The Kier molecular flexibility index (Phi) is 7.23. The molecule has 6 nitrogen and oxygen atoms in total. The van der Waals surface area contributed by atoms with Crippen molar-refractivity contribution in [2.24, 2.45) is 0 Å². The van der Waals surface area contributed by atoms with Gasteiger partial charge in [0.1, 0.15) is 4.83 Å². The van der Waals surface area contributed by atoms with E-state index in [9.17, 15) is 9.59 Å². The van der Waals surface area contributed by atoms with E-state index in [1.54, 1.807) is 41.2 Å². The first-order valence-corrected chi connectivity index (χ1v) is 12.5. The molecule has 0 aliphatic heterocycles. The van der Waals surface area contributed by atoms with Crippen LogP contribution in [0.2, 0.25) is 10.0 Å². The Labute approximate surface area is 197 Å². The molecule has 0 saturated heterocycles. The molecular formula is C21H21Cl2N3O3S2. The standard InChI is InChI=1S/C21H21Cl2N3O3S2/c1-29-10-9-26-20(28)17-12-5-2-3-8-15(12)31-19(17)25-21(26)30-11-16(27)24-14-7-4-6-13(22)18(14)23/h4,6-7H,2-3,5,8-11H2,1H3,(H,24,27). The van der Waals surface area contributed by atoms with Crippen molar-refractivity contribution in [1.29, 1.82) is 0 Å². The molecular weight excluding hydrogens is 477 g/mol. The zero-order valence-corrected chi connectivity index (χ0v) is 20.0. The summed E-state index contributed by atoms with van der Waals surface area (Å²) < 4.78 is 6.81. The number of thiophene rings is 1. The van der Waals surface area contributed by atoms with Crippen LogP contribution in [-0.4, -0.2) is 34.9 Å². The summed E-state index contributed by atoms with van der Waals surface area (Å²) in [5.41, 5.74) is 1.55. The number of methoxy groups -OCH3 is 1. The zero-order chi connectivity index (χ0) is 22.0. The highest BCUT2D eigenvalue weighted by Crippen LogP contribution is 2.35. The molecule has 0 fully saturated rings. The Morgan fingerprint density at radius 2 is 2.13 bits per heavy atom. The quantitative estimate of drug-likeness (QED) is 0.366. The van der Waals surface area contributed by atoms with Gasteiger partial charge in [0.05, 0.1) is 40.0 Å². The van der Waals surface area contributed by atoms with E-state index in [2.05, 4.69) is 5.32 Å². The van der Waals surface area contributed by atoms with Gasteiger partial charge in [-0.25, -0.2) is 4.98 Å². The fourth-order valence-electron chi connectivity index (χ4n) is 3.63. The number of halogens is 2. The average Bonchev–Trinajstić information content (AvgIpc) is 3.13. The van der Waals surface area contributed by atoms with Gasteiger partial charge in [-0.15, -0.1) is 11.3 Å². The predicted molar refractivity (Wildman–Crippen MR) is 128 cm³/mol. The van der Waals surface area contributed by atoms with Crippen molar-refractivity contribution < 1.29 is 9.53 Å². The maximum absolute atomic E-state index is 13.3. The number of anilines is 1. The number of nitrogens with one attached hydrogen (secondary N) is 1. The molecule has 10 heteroatoms. The minimum absolute atomic E-state index is 0.0535. The highest BCUT2D eigenvalue weighted by molar-refractivity contribution is 7.99. The molecule has 2 heterocycles. The molecule has 2 aromatic heterocycles. The van der Waals surface area contributed by atoms with Gasteiger partial charge in [0.15, 0.2) is 5.16 Å². The molecule has 0 saturated carbocycles. The summed E-state index contributed by atoms with van der Waals surface area (Å²) in [5, 5.41) is 4.67. The highest BCUT2D eigenvalue weighted by Gasteiger charge is 2.22. The molecule has 0 spiro atoms. The number of ether oxygens (including phenoxy) is 1. The van der Waals surface area contributed by atoms with E-state index in [1.807, 2.05) is 0 Å². The van der Waals surface area contributed by atoms with Crippen molar-refractivity contribution in [3.05, 3.63) is 49.0 Å². The number of fused-ring (bicyclic) bond motifs is 3. The van der Waals surface area contributed by atoms with Crippen molar-refractivity contribution in [1.82, 2.24) is 9.55 Å². The van der Waals surface area contributed by atoms with E-state index in [0.717, 1.165) is 41.5 Å². The maximum Gasteiger partial charge on any atom is 0.263 e. The van der Waals surface area contributed by atoms with Crippen molar-refractivity contribution in [2.45, 2.75) is 37.4 Å². The smallest absolute Gasteiger partial charge is 0.263 e. The first-order chi connectivity index (χ1) is 15.0. The molecule has 31 heavy (non-hydrogen) atoms. The number of carbonyl (C=O) groups is 1. The van der Waals surface area contributed by atoms with Crippen LogP contribution in [0.1, 0.15) is 23.3 Å². The second kappa shape index (κ2) is 9.92. The molecule has 1 aliphatic carbocycles. The molecule has 0 atom stereocenters. The van der Waals surface area contributed by atoms with Gasteiger partial charge in [-0.1, -0.05) is 41.0 Å². The van der Waals surface area contributed by atoms with Gasteiger partial charge in [-0.3, -0.25) is 14.2 Å². The van der Waals surface area contributed by atoms with Crippen LogP contribution < -0.4 is 10.9 Å². The molecule has 1 aromatic carbocycles. The third-order valence-electron chi connectivity index (χ3n) is 5.12. The normalized spacial score (nSPS) is 13.4. The summed E-state index contributed by atoms with van der Waals surface area (Å²) in [5.74, 6) is -0.175. The van der Waals surface area contributed by atoms with Crippen molar-refractivity contribution in [3.8, 4) is 0 Å². The van der Waals surface area contributed by atoms with Crippen LogP contribution in [0.4, 0.5) is 5.69 Å². The van der Waals surface area contributed by atoms with Crippen molar-refractivity contribution >= 4 is 68.1 Å². The van der Waals surface area contributed by atoms with E-state index >= 15 is 0 Å². The lowest BCUT2D eigenvalue weighted by Crippen LogP contribution is -2.26. The molecule has 164 valence electrons. The number of rotatable bonds is 7. The Balaban J connectivity index is 1.60. The number of aromatic nitrogens is 2. The molecule has 1 amide bonds.